The molecule has 1 fully saturated rings. The number of nitrogens with two attached hydrogens (primary N) is 1. The molecule has 1 aromatic carbocycles. The first-order valence-corrected chi connectivity index (χ1v) is 12.1. The van der Waals surface area contributed by atoms with Crippen LogP contribution in [0.15, 0.2) is 54.1 Å². The molecule has 0 saturated carbocycles. The lowest BCUT2D eigenvalue weighted by Crippen LogP contribution is -2.44. The first-order valence-electron chi connectivity index (χ1n) is 12.1. The van der Waals surface area contributed by atoms with Gasteiger partial charge < -0.3 is 20.9 Å². The lowest BCUT2D eigenvalue weighted by atomic mass is 9.95. The van der Waals surface area contributed by atoms with Crippen molar-refractivity contribution < 1.29 is 0 Å². The summed E-state index contributed by atoms with van der Waals surface area (Å²) in [7, 11) is 2.16. The first kappa shape index (κ1) is 21.5. The highest BCUT2D eigenvalue weighted by molar-refractivity contribution is 5.68. The number of benzene rings is 1. The van der Waals surface area contributed by atoms with Crippen molar-refractivity contribution in [2.24, 2.45) is 0 Å². The Bertz CT molecular complexity index is 1420. The maximum absolute atomic E-state index is 6.21. The van der Waals surface area contributed by atoms with Gasteiger partial charge in [0.1, 0.15) is 0 Å². The minimum atomic E-state index is 0.262. The zero-order valence-electron chi connectivity index (χ0n) is 19.9. The molecule has 6 rings (SSSR count). The molecule has 9 heteroatoms. The number of hydrogen-bond donors (Lipinski definition) is 2. The number of fused-ring (bicyclic) bond motifs is 2. The second kappa shape index (κ2) is 8.99. The Labute approximate surface area is 204 Å². The standard InChI is InChI=1S/C26H29N9/c1-33-13-15-34(16-14-33)21-11-9-20(10-12-21)28-26-29-25(27)35(32-26)23-17-19-7-4-6-18-5-2-3-8-22(18)24(19)31-30-23/h2-3,5,7,9-12,17H,4,6,8,13-16H2,1H3,(H3,27,28,29,32). The van der Waals surface area contributed by atoms with Crippen LogP contribution in [0.1, 0.15) is 19.3 Å². The summed E-state index contributed by atoms with van der Waals surface area (Å²) in [6, 6.07) is 10.3. The molecule has 0 bridgehead atoms. The number of aromatic nitrogens is 5. The summed E-state index contributed by atoms with van der Waals surface area (Å²) in [6.45, 7) is 4.24. The van der Waals surface area contributed by atoms with E-state index in [1.165, 1.54) is 21.5 Å². The van der Waals surface area contributed by atoms with E-state index in [0.717, 1.165) is 61.7 Å². The van der Waals surface area contributed by atoms with Crippen LogP contribution in [0.25, 0.3) is 17.5 Å². The zero-order valence-corrected chi connectivity index (χ0v) is 19.9. The number of nitrogens with one attached hydrogen (secondary N) is 1. The molecule has 0 unspecified atom stereocenters. The van der Waals surface area contributed by atoms with Gasteiger partial charge in [0.25, 0.3) is 0 Å². The Morgan fingerprint density at radius 3 is 2.69 bits per heavy atom. The molecule has 0 spiro atoms. The van der Waals surface area contributed by atoms with Gasteiger partial charge in [0.2, 0.25) is 11.9 Å². The van der Waals surface area contributed by atoms with Crippen LogP contribution in [-0.4, -0.2) is 63.1 Å². The van der Waals surface area contributed by atoms with Gasteiger partial charge in [-0.15, -0.1) is 15.3 Å². The van der Waals surface area contributed by atoms with Crippen molar-refractivity contribution in [3.63, 3.8) is 0 Å². The molecular formula is C26H29N9. The highest BCUT2D eigenvalue weighted by atomic mass is 15.4. The molecule has 2 aliphatic carbocycles. The minimum Gasteiger partial charge on any atom is -0.369 e. The second-order valence-corrected chi connectivity index (χ2v) is 9.22. The number of nitrogens with zero attached hydrogens (tertiary/aromatic N) is 7. The van der Waals surface area contributed by atoms with Crippen LogP contribution in [0.5, 0.6) is 0 Å². The van der Waals surface area contributed by atoms with Crippen molar-refractivity contribution in [3.05, 3.63) is 64.7 Å². The zero-order chi connectivity index (χ0) is 23.8. The Kier molecular flexibility index (Phi) is 5.54. The third-order valence-corrected chi connectivity index (χ3v) is 6.86. The van der Waals surface area contributed by atoms with Crippen molar-refractivity contribution >= 4 is 34.9 Å². The van der Waals surface area contributed by atoms with Crippen molar-refractivity contribution in [1.82, 2.24) is 29.9 Å². The van der Waals surface area contributed by atoms with Crippen LogP contribution in [0.2, 0.25) is 0 Å². The maximum atomic E-state index is 6.21. The summed E-state index contributed by atoms with van der Waals surface area (Å²) in [5.41, 5.74) is 10.9. The average Bonchev–Trinajstić information content (AvgIpc) is 3.14. The molecule has 0 amide bonds. The van der Waals surface area contributed by atoms with E-state index in [9.17, 15) is 0 Å². The van der Waals surface area contributed by atoms with Crippen LogP contribution < -0.4 is 26.5 Å². The molecular weight excluding hydrogens is 438 g/mol. The van der Waals surface area contributed by atoms with E-state index in [0.29, 0.717) is 11.8 Å². The lowest BCUT2D eigenvalue weighted by Gasteiger charge is -2.34. The minimum absolute atomic E-state index is 0.262. The summed E-state index contributed by atoms with van der Waals surface area (Å²) in [5, 5.41) is 18.8. The third-order valence-electron chi connectivity index (χ3n) is 6.86. The van der Waals surface area contributed by atoms with Gasteiger partial charge in [0.15, 0.2) is 5.82 Å². The molecule has 3 heterocycles. The van der Waals surface area contributed by atoms with E-state index >= 15 is 0 Å². The maximum Gasteiger partial charge on any atom is 0.248 e. The van der Waals surface area contributed by atoms with E-state index in [-0.39, 0.29) is 5.95 Å². The Balaban J connectivity index is 1.24. The van der Waals surface area contributed by atoms with Crippen molar-refractivity contribution in [3.8, 4) is 5.82 Å². The topological polar surface area (TPSA) is 101 Å². The number of allylic oxidation sites excluding steroid dienone is 4. The van der Waals surface area contributed by atoms with Crippen LogP contribution >= 0.6 is 0 Å². The number of rotatable bonds is 4. The number of piperazine rings is 1. The lowest BCUT2D eigenvalue weighted by molar-refractivity contribution is 0.313. The number of hydrogen-bond acceptors (Lipinski definition) is 8. The Morgan fingerprint density at radius 1 is 1.03 bits per heavy atom. The van der Waals surface area contributed by atoms with Crippen molar-refractivity contribution in [2.75, 3.05) is 49.2 Å². The highest BCUT2D eigenvalue weighted by Crippen LogP contribution is 2.25. The molecule has 3 N–H and O–H groups in total. The van der Waals surface area contributed by atoms with E-state index in [1.54, 1.807) is 0 Å². The molecule has 1 saturated heterocycles. The number of nitrogen functional groups attached to an aromatic ring is 1. The van der Waals surface area contributed by atoms with Crippen LogP contribution in [0.4, 0.5) is 23.3 Å². The molecule has 3 aromatic rings. The van der Waals surface area contributed by atoms with Gasteiger partial charge in [0, 0.05) is 42.8 Å². The predicted molar refractivity (Wildman–Crippen MR) is 139 cm³/mol. The van der Waals surface area contributed by atoms with E-state index in [2.05, 4.69) is 78.9 Å². The summed E-state index contributed by atoms with van der Waals surface area (Å²) in [5.74, 6) is 1.24. The van der Waals surface area contributed by atoms with Gasteiger partial charge in [-0.1, -0.05) is 24.3 Å². The molecule has 3 aliphatic rings. The molecule has 9 nitrogen and oxygen atoms in total. The number of likely N-dealkylation sites (N-methyl/N-ethyl adjacent to an activating group) is 1. The largest absolute Gasteiger partial charge is 0.369 e. The van der Waals surface area contributed by atoms with Gasteiger partial charge in [-0.25, -0.2) is 0 Å². The van der Waals surface area contributed by atoms with Gasteiger partial charge in [-0.3, -0.25) is 0 Å². The fourth-order valence-corrected chi connectivity index (χ4v) is 4.85. The monoisotopic (exact) mass is 467 g/mol. The van der Waals surface area contributed by atoms with Crippen LogP contribution in [-0.2, 0) is 0 Å². The van der Waals surface area contributed by atoms with Crippen LogP contribution in [0, 0.1) is 0 Å². The van der Waals surface area contributed by atoms with E-state index < -0.39 is 0 Å². The first-order chi connectivity index (χ1) is 17.1. The summed E-state index contributed by atoms with van der Waals surface area (Å²) in [4.78, 5) is 9.16. The summed E-state index contributed by atoms with van der Waals surface area (Å²) < 4.78 is 1.54. The fourth-order valence-electron chi connectivity index (χ4n) is 4.85. The fraction of sp³-hybridized carbons (Fsp3) is 0.308. The van der Waals surface area contributed by atoms with Gasteiger partial charge in [0.05, 0.1) is 5.35 Å². The van der Waals surface area contributed by atoms with E-state index in [1.807, 2.05) is 18.2 Å². The molecule has 178 valence electrons. The van der Waals surface area contributed by atoms with E-state index in [4.69, 9.17) is 5.73 Å². The molecule has 1 aliphatic heterocycles. The van der Waals surface area contributed by atoms with Crippen molar-refractivity contribution in [2.45, 2.75) is 19.3 Å². The predicted octanol–water partition coefficient (Wildman–Crippen LogP) is 1.75. The highest BCUT2D eigenvalue weighted by Gasteiger charge is 2.16. The Morgan fingerprint density at radius 2 is 1.86 bits per heavy atom. The van der Waals surface area contributed by atoms with Crippen molar-refractivity contribution in [1.29, 1.82) is 0 Å². The molecule has 0 atom stereocenters. The smallest absolute Gasteiger partial charge is 0.248 e. The van der Waals surface area contributed by atoms with Gasteiger partial charge in [-0.2, -0.15) is 9.67 Å². The summed E-state index contributed by atoms with van der Waals surface area (Å²) >= 11 is 0. The Hall–Kier alpha value is -3.98. The third kappa shape index (κ3) is 4.30. The van der Waals surface area contributed by atoms with Gasteiger partial charge >= 0.3 is 0 Å². The quantitative estimate of drug-likeness (QED) is 0.599. The SMILES string of the molecule is CN1CCN(c2ccc(Nc3nc(N)n(-c4cc5c(nn4)=C4CC=CC=C4CCC=5)n3)cc2)CC1. The number of anilines is 4. The average molecular weight is 468 g/mol. The summed E-state index contributed by atoms with van der Waals surface area (Å²) in [6.07, 6.45) is 11.5. The van der Waals surface area contributed by atoms with Crippen LogP contribution in [0.3, 0.4) is 0 Å². The molecule has 2 aromatic heterocycles. The normalized spacial score (nSPS) is 17.8. The molecule has 35 heavy (non-hydrogen) atoms. The second-order valence-electron chi connectivity index (χ2n) is 9.22. The molecule has 0 radical (unpaired) electrons. The van der Waals surface area contributed by atoms with Gasteiger partial charge in [-0.05, 0) is 67.8 Å².